The first-order valence-corrected chi connectivity index (χ1v) is 10.8. The minimum atomic E-state index is -0.959. The average Bonchev–Trinajstić information content (AvgIpc) is 3.26. The lowest BCUT2D eigenvalue weighted by Gasteiger charge is -2.17. The van der Waals surface area contributed by atoms with Crippen molar-refractivity contribution in [3.8, 4) is 0 Å². The lowest BCUT2D eigenvalue weighted by atomic mass is 9.95. The van der Waals surface area contributed by atoms with E-state index in [1.807, 2.05) is 6.07 Å². The number of carbonyl (C=O) groups is 3. The summed E-state index contributed by atoms with van der Waals surface area (Å²) in [6.07, 6.45) is 1.29. The molecule has 0 bridgehead atoms. The van der Waals surface area contributed by atoms with Crippen LogP contribution in [0, 0.1) is 11.3 Å². The molecule has 33 heavy (non-hydrogen) atoms. The quantitative estimate of drug-likeness (QED) is 0.247. The van der Waals surface area contributed by atoms with Gasteiger partial charge in [0.25, 0.3) is 0 Å². The van der Waals surface area contributed by atoms with E-state index >= 15 is 0 Å². The van der Waals surface area contributed by atoms with E-state index in [4.69, 9.17) is 16.2 Å². The predicted octanol–water partition coefficient (Wildman–Crippen LogP) is 1.01. The molecule has 1 aliphatic rings. The van der Waals surface area contributed by atoms with E-state index in [-0.39, 0.29) is 29.1 Å². The maximum Gasteiger partial charge on any atom is 0.335 e. The van der Waals surface area contributed by atoms with Crippen molar-refractivity contribution in [3.05, 3.63) is 70.8 Å². The van der Waals surface area contributed by atoms with Crippen LogP contribution < -0.4 is 21.7 Å². The number of aromatic carboxylic acids is 1. The Balaban J connectivity index is 1.44. The molecule has 0 aliphatic carbocycles. The number of benzene rings is 2. The molecule has 2 aromatic rings. The lowest BCUT2D eigenvalue weighted by Crippen LogP contribution is -2.49. The normalized spacial score (nSPS) is 18.3. The molecule has 0 aromatic heterocycles. The van der Waals surface area contributed by atoms with Crippen LogP contribution in [0.3, 0.4) is 0 Å². The van der Waals surface area contributed by atoms with Crippen LogP contribution in [0.25, 0.3) is 0 Å². The number of hydrogen-bond donors (Lipinski definition) is 6. The van der Waals surface area contributed by atoms with Crippen molar-refractivity contribution in [3.63, 3.8) is 0 Å². The zero-order valence-corrected chi connectivity index (χ0v) is 18.4. The summed E-state index contributed by atoms with van der Waals surface area (Å²) in [7, 11) is 0. The van der Waals surface area contributed by atoms with Gasteiger partial charge in [0.15, 0.2) is 0 Å². The van der Waals surface area contributed by atoms with E-state index in [2.05, 4.69) is 16.0 Å². The molecule has 1 aliphatic heterocycles. The largest absolute Gasteiger partial charge is 0.478 e. The van der Waals surface area contributed by atoms with Crippen LogP contribution in [-0.4, -0.2) is 47.4 Å². The number of nitrogens with two attached hydrogens (primary N) is 1. The fourth-order valence-electron chi connectivity index (χ4n) is 3.85. The Morgan fingerprint density at radius 2 is 1.88 bits per heavy atom. The van der Waals surface area contributed by atoms with Crippen molar-refractivity contribution in [1.29, 1.82) is 5.41 Å². The van der Waals surface area contributed by atoms with Crippen LogP contribution >= 0.6 is 0 Å². The first kappa shape index (κ1) is 23.9. The summed E-state index contributed by atoms with van der Waals surface area (Å²) >= 11 is 0. The molecule has 0 radical (unpaired) electrons. The van der Waals surface area contributed by atoms with Gasteiger partial charge in [-0.1, -0.05) is 36.4 Å². The van der Waals surface area contributed by atoms with Crippen molar-refractivity contribution in [2.75, 3.05) is 6.54 Å². The number of hydrogen-bond acceptors (Lipinski definition) is 5. The standard InChI is InChI=1S/C24H29N5O4/c1-14(22(30)28-12-15-5-7-18(8-6-15)21(25)26)29-23(31)20-11-17(13-27-20)9-16-3-2-4-19(10-16)24(32)33/h2-8,10,14,17,20,27H,9,11-13H2,1H3,(H3,25,26)(H,28,30)(H,29,31)(H,32,33)/t14?,17-,20+/m0/s1. The van der Waals surface area contributed by atoms with Crippen LogP contribution in [-0.2, 0) is 22.6 Å². The van der Waals surface area contributed by atoms with Crippen LogP contribution in [0.5, 0.6) is 0 Å². The third-order valence-electron chi connectivity index (χ3n) is 5.72. The van der Waals surface area contributed by atoms with Crippen molar-refractivity contribution < 1.29 is 19.5 Å². The maximum atomic E-state index is 12.6. The number of amidine groups is 1. The van der Waals surface area contributed by atoms with Crippen LogP contribution in [0.1, 0.15) is 40.4 Å². The van der Waals surface area contributed by atoms with E-state index in [9.17, 15) is 14.4 Å². The Bertz CT molecular complexity index is 1040. The highest BCUT2D eigenvalue weighted by molar-refractivity contribution is 5.95. The summed E-state index contributed by atoms with van der Waals surface area (Å²) in [6.45, 7) is 2.58. The fraction of sp³-hybridized carbons (Fsp3) is 0.333. The van der Waals surface area contributed by atoms with Crippen molar-refractivity contribution in [2.45, 2.75) is 38.4 Å². The Kier molecular flexibility index (Phi) is 7.78. The summed E-state index contributed by atoms with van der Waals surface area (Å²) in [5.74, 6) is -1.30. The Labute approximate surface area is 192 Å². The topological polar surface area (TPSA) is 157 Å². The number of carboxylic acids is 1. The molecule has 9 heteroatoms. The number of carboxylic acid groups (broad SMARTS) is 1. The van der Waals surface area contributed by atoms with Gasteiger partial charge >= 0.3 is 5.97 Å². The molecule has 1 heterocycles. The van der Waals surface area contributed by atoms with Gasteiger partial charge in [0.2, 0.25) is 11.8 Å². The molecule has 0 saturated carbocycles. The maximum absolute atomic E-state index is 12.6. The zero-order chi connectivity index (χ0) is 24.0. The van der Waals surface area contributed by atoms with Gasteiger partial charge in [-0.3, -0.25) is 15.0 Å². The van der Waals surface area contributed by atoms with Crippen molar-refractivity contribution >= 4 is 23.6 Å². The molecule has 0 spiro atoms. The van der Waals surface area contributed by atoms with Crippen LogP contribution in [0.4, 0.5) is 0 Å². The van der Waals surface area contributed by atoms with E-state index in [1.54, 1.807) is 49.4 Å². The van der Waals surface area contributed by atoms with Crippen LogP contribution in [0.15, 0.2) is 48.5 Å². The molecule has 1 saturated heterocycles. The third-order valence-corrected chi connectivity index (χ3v) is 5.72. The molecule has 174 valence electrons. The average molecular weight is 452 g/mol. The Hall–Kier alpha value is -3.72. The highest BCUT2D eigenvalue weighted by Crippen LogP contribution is 2.20. The molecule has 2 amide bonds. The van der Waals surface area contributed by atoms with Gasteiger partial charge in [0.1, 0.15) is 11.9 Å². The molecule has 2 aromatic carbocycles. The second-order valence-electron chi connectivity index (χ2n) is 8.33. The van der Waals surface area contributed by atoms with Gasteiger partial charge in [0, 0.05) is 12.1 Å². The predicted molar refractivity (Wildman–Crippen MR) is 124 cm³/mol. The number of amides is 2. The SMILES string of the molecule is CC(NC(=O)[C@H]1C[C@H](Cc2cccc(C(=O)O)c2)CN1)C(=O)NCc1ccc(C(=N)N)cc1. The molecule has 9 nitrogen and oxygen atoms in total. The van der Waals surface area contributed by atoms with Gasteiger partial charge in [-0.25, -0.2) is 4.79 Å². The van der Waals surface area contributed by atoms with Gasteiger partial charge in [0.05, 0.1) is 11.6 Å². The van der Waals surface area contributed by atoms with E-state index < -0.39 is 18.1 Å². The summed E-state index contributed by atoms with van der Waals surface area (Å²) < 4.78 is 0. The number of rotatable bonds is 9. The molecule has 3 atom stereocenters. The molecular weight excluding hydrogens is 422 g/mol. The second kappa shape index (κ2) is 10.7. The Morgan fingerprint density at radius 3 is 2.55 bits per heavy atom. The second-order valence-corrected chi connectivity index (χ2v) is 8.33. The van der Waals surface area contributed by atoms with E-state index in [1.165, 1.54) is 0 Å². The lowest BCUT2D eigenvalue weighted by molar-refractivity contribution is -0.129. The molecule has 1 fully saturated rings. The molecule has 3 rings (SSSR count). The van der Waals surface area contributed by atoms with Crippen LogP contribution in [0.2, 0.25) is 0 Å². The first-order valence-electron chi connectivity index (χ1n) is 10.8. The third kappa shape index (κ3) is 6.63. The number of nitrogens with one attached hydrogen (secondary N) is 4. The minimum Gasteiger partial charge on any atom is -0.478 e. The monoisotopic (exact) mass is 451 g/mol. The fourth-order valence-corrected chi connectivity index (χ4v) is 3.85. The first-order chi connectivity index (χ1) is 15.7. The summed E-state index contributed by atoms with van der Waals surface area (Å²) in [5, 5.41) is 25.3. The highest BCUT2D eigenvalue weighted by atomic mass is 16.4. The smallest absolute Gasteiger partial charge is 0.335 e. The Morgan fingerprint density at radius 1 is 1.15 bits per heavy atom. The molecular formula is C24H29N5O4. The number of nitrogen functional groups attached to an aromatic ring is 1. The van der Waals surface area contributed by atoms with Gasteiger partial charge < -0.3 is 26.8 Å². The summed E-state index contributed by atoms with van der Waals surface area (Å²) in [6, 6.07) is 12.8. The highest BCUT2D eigenvalue weighted by Gasteiger charge is 2.31. The van der Waals surface area contributed by atoms with Gasteiger partial charge in [-0.15, -0.1) is 0 Å². The number of carbonyl (C=O) groups excluding carboxylic acids is 2. The van der Waals surface area contributed by atoms with E-state index in [0.29, 0.717) is 31.5 Å². The zero-order valence-electron chi connectivity index (χ0n) is 18.4. The van der Waals surface area contributed by atoms with Gasteiger partial charge in [-0.2, -0.15) is 0 Å². The van der Waals surface area contributed by atoms with Gasteiger partial charge in [-0.05, 0) is 55.5 Å². The van der Waals surface area contributed by atoms with Crippen molar-refractivity contribution in [1.82, 2.24) is 16.0 Å². The van der Waals surface area contributed by atoms with E-state index in [0.717, 1.165) is 11.1 Å². The van der Waals surface area contributed by atoms with Crippen molar-refractivity contribution in [2.24, 2.45) is 11.7 Å². The minimum absolute atomic E-state index is 0.0153. The summed E-state index contributed by atoms with van der Waals surface area (Å²) in [4.78, 5) is 36.1. The molecule has 7 N–H and O–H groups in total. The summed E-state index contributed by atoms with van der Waals surface area (Å²) in [5.41, 5.74) is 8.08. The molecule has 1 unspecified atom stereocenters.